The third kappa shape index (κ3) is 4.42. The predicted octanol–water partition coefficient (Wildman–Crippen LogP) is 5.81. The maximum atomic E-state index is 3.74. The summed E-state index contributed by atoms with van der Waals surface area (Å²) in [5, 5.41) is 3.74. The van der Waals surface area contributed by atoms with E-state index in [0.29, 0.717) is 12.1 Å². The van der Waals surface area contributed by atoms with Crippen LogP contribution in [0.2, 0.25) is 0 Å². The molecular formula is C19H24BrN. The highest BCUT2D eigenvalue weighted by molar-refractivity contribution is 9.10. The van der Waals surface area contributed by atoms with Crippen LogP contribution < -0.4 is 5.32 Å². The van der Waals surface area contributed by atoms with Crippen molar-refractivity contribution in [1.29, 1.82) is 0 Å². The van der Waals surface area contributed by atoms with E-state index in [-0.39, 0.29) is 0 Å². The summed E-state index contributed by atoms with van der Waals surface area (Å²) in [7, 11) is 0. The molecule has 112 valence electrons. The van der Waals surface area contributed by atoms with E-state index in [2.05, 4.69) is 90.5 Å². The van der Waals surface area contributed by atoms with Gasteiger partial charge in [0, 0.05) is 16.6 Å². The molecule has 2 heteroatoms. The predicted molar refractivity (Wildman–Crippen MR) is 94.5 cm³/mol. The van der Waals surface area contributed by atoms with Gasteiger partial charge in [0.15, 0.2) is 0 Å². The lowest BCUT2D eigenvalue weighted by Crippen LogP contribution is -2.24. The van der Waals surface area contributed by atoms with Crippen LogP contribution >= 0.6 is 15.9 Å². The molecule has 0 saturated carbocycles. The number of halogens is 1. The van der Waals surface area contributed by atoms with E-state index in [9.17, 15) is 0 Å². The van der Waals surface area contributed by atoms with Gasteiger partial charge in [0.1, 0.15) is 0 Å². The summed E-state index contributed by atoms with van der Waals surface area (Å²) in [6.45, 7) is 6.66. The van der Waals surface area contributed by atoms with Crippen LogP contribution in [0.15, 0.2) is 53.0 Å². The highest BCUT2D eigenvalue weighted by atomic mass is 79.9. The molecule has 2 atom stereocenters. The van der Waals surface area contributed by atoms with Gasteiger partial charge in [-0.15, -0.1) is 0 Å². The Balaban J connectivity index is 2.10. The van der Waals surface area contributed by atoms with Gasteiger partial charge in [-0.1, -0.05) is 66.2 Å². The van der Waals surface area contributed by atoms with Gasteiger partial charge in [0.05, 0.1) is 0 Å². The first-order valence-corrected chi connectivity index (χ1v) is 8.53. The second-order valence-electron chi connectivity index (χ2n) is 5.50. The fraction of sp³-hybridized carbons (Fsp3) is 0.368. The van der Waals surface area contributed by atoms with Gasteiger partial charge in [0.25, 0.3) is 0 Å². The monoisotopic (exact) mass is 345 g/mol. The zero-order valence-electron chi connectivity index (χ0n) is 13.1. The largest absolute Gasteiger partial charge is 0.303 e. The molecule has 0 amide bonds. The second-order valence-corrected chi connectivity index (χ2v) is 6.42. The van der Waals surface area contributed by atoms with Crippen molar-refractivity contribution in [1.82, 2.24) is 5.32 Å². The second kappa shape index (κ2) is 7.77. The van der Waals surface area contributed by atoms with Gasteiger partial charge in [-0.2, -0.15) is 0 Å². The first kappa shape index (κ1) is 16.3. The highest BCUT2D eigenvalue weighted by Crippen LogP contribution is 2.24. The zero-order chi connectivity index (χ0) is 15.2. The number of aryl methyl sites for hydroxylation is 1. The molecule has 2 aromatic carbocycles. The minimum Gasteiger partial charge on any atom is -0.303 e. The quantitative estimate of drug-likeness (QED) is 0.696. The minimum atomic E-state index is 0.332. The maximum Gasteiger partial charge on any atom is 0.0323 e. The van der Waals surface area contributed by atoms with Crippen molar-refractivity contribution < 1.29 is 0 Å². The Bertz CT molecular complexity index is 562. The molecule has 0 aliphatic heterocycles. The zero-order valence-corrected chi connectivity index (χ0v) is 14.7. The maximum absolute atomic E-state index is 3.74. The van der Waals surface area contributed by atoms with Gasteiger partial charge in [-0.3, -0.25) is 0 Å². The number of hydrogen-bond acceptors (Lipinski definition) is 1. The molecule has 0 saturated heterocycles. The first-order chi connectivity index (χ1) is 10.1. The molecule has 0 fully saturated rings. The van der Waals surface area contributed by atoms with E-state index >= 15 is 0 Å². The fourth-order valence-corrected chi connectivity index (χ4v) is 3.03. The van der Waals surface area contributed by atoms with E-state index in [1.54, 1.807) is 0 Å². The number of nitrogens with one attached hydrogen (secondary N) is 1. The molecule has 0 spiro atoms. The Morgan fingerprint density at radius 2 is 1.71 bits per heavy atom. The molecule has 0 aliphatic rings. The van der Waals surface area contributed by atoms with Crippen molar-refractivity contribution in [3.8, 4) is 0 Å². The van der Waals surface area contributed by atoms with E-state index in [1.807, 2.05) is 0 Å². The van der Waals surface area contributed by atoms with Gasteiger partial charge in [0.2, 0.25) is 0 Å². The van der Waals surface area contributed by atoms with E-state index < -0.39 is 0 Å². The average Bonchev–Trinajstić information content (AvgIpc) is 2.52. The lowest BCUT2D eigenvalue weighted by molar-refractivity contribution is 0.456. The summed E-state index contributed by atoms with van der Waals surface area (Å²) in [6, 6.07) is 18.2. The molecule has 21 heavy (non-hydrogen) atoms. The fourth-order valence-electron chi connectivity index (χ4n) is 2.61. The van der Waals surface area contributed by atoms with Crippen molar-refractivity contribution in [2.75, 3.05) is 0 Å². The van der Waals surface area contributed by atoms with Crippen LogP contribution in [-0.2, 0) is 6.42 Å². The van der Waals surface area contributed by atoms with Crippen LogP contribution in [-0.4, -0.2) is 0 Å². The minimum absolute atomic E-state index is 0.332. The Morgan fingerprint density at radius 3 is 2.29 bits per heavy atom. The number of hydrogen-bond donors (Lipinski definition) is 1. The van der Waals surface area contributed by atoms with Crippen LogP contribution in [0, 0.1) is 0 Å². The Labute approximate surface area is 136 Å². The van der Waals surface area contributed by atoms with Crippen molar-refractivity contribution >= 4 is 15.9 Å². The summed E-state index contributed by atoms with van der Waals surface area (Å²) < 4.78 is 1.13. The Hall–Kier alpha value is -1.12. The third-order valence-corrected chi connectivity index (χ3v) is 4.49. The van der Waals surface area contributed by atoms with Crippen LogP contribution in [0.3, 0.4) is 0 Å². The van der Waals surface area contributed by atoms with Crippen LogP contribution in [0.4, 0.5) is 0 Å². The molecule has 0 bridgehead atoms. The lowest BCUT2D eigenvalue weighted by atomic mass is 9.99. The van der Waals surface area contributed by atoms with Crippen molar-refractivity contribution in [3.63, 3.8) is 0 Å². The number of rotatable bonds is 6. The van der Waals surface area contributed by atoms with Crippen LogP contribution in [0.1, 0.15) is 56.0 Å². The molecule has 0 aliphatic carbocycles. The normalized spacial score (nSPS) is 13.9. The summed E-state index contributed by atoms with van der Waals surface area (Å²) in [6.07, 6.45) is 2.18. The average molecular weight is 346 g/mol. The molecule has 2 aromatic rings. The summed E-state index contributed by atoms with van der Waals surface area (Å²) in [5.74, 6) is 0. The topological polar surface area (TPSA) is 12.0 Å². The summed E-state index contributed by atoms with van der Waals surface area (Å²) >= 11 is 3.55. The first-order valence-electron chi connectivity index (χ1n) is 7.74. The van der Waals surface area contributed by atoms with Gasteiger partial charge in [-0.05, 0) is 48.6 Å². The molecule has 0 radical (unpaired) electrons. The third-order valence-electron chi connectivity index (χ3n) is 4.00. The summed E-state index contributed by atoms with van der Waals surface area (Å²) in [5.41, 5.74) is 4.08. The van der Waals surface area contributed by atoms with Gasteiger partial charge < -0.3 is 5.32 Å². The van der Waals surface area contributed by atoms with Crippen molar-refractivity contribution in [2.45, 2.75) is 45.7 Å². The number of benzene rings is 2. The van der Waals surface area contributed by atoms with Crippen molar-refractivity contribution in [2.24, 2.45) is 0 Å². The van der Waals surface area contributed by atoms with Gasteiger partial charge >= 0.3 is 0 Å². The SMILES string of the molecule is CCc1ccc(C(CC)NC(C)c2cccc(Br)c2)cc1. The molecule has 0 heterocycles. The molecule has 0 aromatic heterocycles. The van der Waals surface area contributed by atoms with E-state index in [4.69, 9.17) is 0 Å². The molecule has 2 unspecified atom stereocenters. The van der Waals surface area contributed by atoms with Gasteiger partial charge in [-0.25, -0.2) is 0 Å². The lowest BCUT2D eigenvalue weighted by Gasteiger charge is -2.23. The van der Waals surface area contributed by atoms with E-state index in [0.717, 1.165) is 17.3 Å². The molecular weight excluding hydrogens is 322 g/mol. The summed E-state index contributed by atoms with van der Waals surface area (Å²) in [4.78, 5) is 0. The van der Waals surface area contributed by atoms with Crippen molar-refractivity contribution in [3.05, 3.63) is 69.7 Å². The Morgan fingerprint density at radius 1 is 1.00 bits per heavy atom. The smallest absolute Gasteiger partial charge is 0.0323 e. The standard InChI is InChI=1S/C19H24BrN/c1-4-15-9-11-16(12-10-15)19(5-2)21-14(3)17-7-6-8-18(20)13-17/h6-14,19,21H,4-5H2,1-3H3. The molecule has 1 nitrogen and oxygen atoms in total. The van der Waals surface area contributed by atoms with E-state index in [1.165, 1.54) is 16.7 Å². The molecule has 2 rings (SSSR count). The Kier molecular flexibility index (Phi) is 6.01. The highest BCUT2D eigenvalue weighted by Gasteiger charge is 2.13. The van der Waals surface area contributed by atoms with Crippen LogP contribution in [0.25, 0.3) is 0 Å². The molecule has 1 N–H and O–H groups in total. The van der Waals surface area contributed by atoms with Crippen LogP contribution in [0.5, 0.6) is 0 Å².